The molecule has 0 aromatic rings. The quantitative estimate of drug-likeness (QED) is 0.302. The van der Waals surface area contributed by atoms with Crippen molar-refractivity contribution in [3.05, 3.63) is 10.6 Å². The van der Waals surface area contributed by atoms with E-state index in [1.54, 1.807) is 0 Å². The van der Waals surface area contributed by atoms with Gasteiger partial charge in [0.15, 0.2) is 11.6 Å². The molecule has 7 heteroatoms. The summed E-state index contributed by atoms with van der Waals surface area (Å²) in [6.07, 6.45) is -0.388. The molecule has 6 nitrogen and oxygen atoms in total. The van der Waals surface area contributed by atoms with Crippen LogP contribution in [0.3, 0.4) is 0 Å². The molecule has 0 aromatic carbocycles. The van der Waals surface area contributed by atoms with Crippen molar-refractivity contribution in [3.8, 4) is 0 Å². The molecule has 0 atom stereocenters. The topological polar surface area (TPSA) is 114 Å². The number of carboxylic acid groups (broad SMARTS) is 2. The van der Waals surface area contributed by atoms with Crippen LogP contribution >= 0.6 is 15.9 Å². The lowest BCUT2D eigenvalue weighted by molar-refractivity contribution is -0.300. The minimum absolute atomic E-state index is 0.552. The molecule has 0 heterocycles. The predicted molar refractivity (Wildman–Crippen MR) is 41.7 cm³/mol. The number of Topliss-reactive ketones (excluding diaryl/α,β-unsaturated/α-hetero) is 1. The maximum atomic E-state index is 10.8. The van der Waals surface area contributed by atoms with E-state index in [4.69, 9.17) is 0 Å². The van der Waals surface area contributed by atoms with E-state index in [1.807, 2.05) is 0 Å². The van der Waals surface area contributed by atoms with Crippen LogP contribution in [0.4, 0.5) is 0 Å². The van der Waals surface area contributed by atoms with E-state index in [2.05, 4.69) is 15.9 Å². The normalized spacial score (nSPS) is 10.8. The van der Waals surface area contributed by atoms with Gasteiger partial charge in [-0.25, -0.2) is 0 Å². The van der Waals surface area contributed by atoms with E-state index in [1.165, 1.54) is 0 Å². The molecule has 0 saturated carbocycles. The number of aliphatic carboxylic acids is 2. The third kappa shape index (κ3) is 4.51. The number of carbonyl (C=O) groups excluding carboxylic acids is 4. The number of halogens is 1. The number of allylic oxidation sites excluding steroid dienone is 1. The second-order valence-electron chi connectivity index (χ2n) is 2.13. The van der Waals surface area contributed by atoms with Gasteiger partial charge in [0.05, 0.1) is 12.4 Å². The molecule has 0 aliphatic heterocycles. The fourth-order valence-electron chi connectivity index (χ4n) is 0.482. The van der Waals surface area contributed by atoms with Gasteiger partial charge in [-0.05, 0) is 22.0 Å². The predicted octanol–water partition coefficient (Wildman–Crippen LogP) is -2.71. The Morgan fingerprint density at radius 3 is 1.93 bits per heavy atom. The molecular weight excluding hydrogens is 260 g/mol. The molecule has 0 N–H and O–H groups in total. The Balaban J connectivity index is 4.39. The van der Waals surface area contributed by atoms with Gasteiger partial charge in [0.25, 0.3) is 0 Å². The Bertz CT molecular complexity index is 329. The van der Waals surface area contributed by atoms with Crippen molar-refractivity contribution in [3.63, 3.8) is 0 Å². The zero-order valence-electron chi connectivity index (χ0n) is 6.61. The fourth-order valence-corrected chi connectivity index (χ4v) is 0.737. The molecule has 0 aliphatic carbocycles. The van der Waals surface area contributed by atoms with Crippen LogP contribution in [0.1, 0.15) is 6.42 Å². The second-order valence-corrected chi connectivity index (χ2v) is 2.99. The highest BCUT2D eigenvalue weighted by molar-refractivity contribution is 9.12. The van der Waals surface area contributed by atoms with E-state index in [0.717, 1.165) is 0 Å². The maximum absolute atomic E-state index is 10.8. The number of ketones is 2. The summed E-state index contributed by atoms with van der Waals surface area (Å²) in [4.78, 5) is 41.1. The number of carbonyl (C=O) groups is 4. The van der Waals surface area contributed by atoms with Crippen LogP contribution in [0.25, 0.3) is 0 Å². The van der Waals surface area contributed by atoms with Gasteiger partial charge >= 0.3 is 0 Å². The third-order valence-electron chi connectivity index (χ3n) is 1.05. The molecule has 76 valence electrons. The van der Waals surface area contributed by atoms with Gasteiger partial charge in [0, 0.05) is 4.48 Å². The molecule has 0 rings (SSSR count). The van der Waals surface area contributed by atoms with Crippen molar-refractivity contribution in [2.24, 2.45) is 0 Å². The van der Waals surface area contributed by atoms with Crippen LogP contribution in [0.5, 0.6) is 0 Å². The first kappa shape index (κ1) is 12.5. The molecule has 0 bridgehead atoms. The van der Waals surface area contributed by atoms with Crippen LogP contribution in [0.2, 0.25) is 0 Å². The molecule has 0 saturated heterocycles. The highest BCUT2D eigenvalue weighted by Crippen LogP contribution is 2.03. The minimum atomic E-state index is -1.99. The van der Waals surface area contributed by atoms with Gasteiger partial charge in [-0.1, -0.05) is 0 Å². The molecule has 0 spiro atoms. The van der Waals surface area contributed by atoms with E-state index in [0.29, 0.717) is 6.08 Å². The van der Waals surface area contributed by atoms with Gasteiger partial charge < -0.3 is 19.8 Å². The average molecular weight is 263 g/mol. The smallest absolute Gasteiger partial charge is 0.185 e. The van der Waals surface area contributed by atoms with E-state index in [-0.39, 0.29) is 0 Å². The van der Waals surface area contributed by atoms with Gasteiger partial charge in [-0.2, -0.15) is 0 Å². The van der Waals surface area contributed by atoms with Crippen LogP contribution < -0.4 is 10.2 Å². The zero-order valence-corrected chi connectivity index (χ0v) is 8.20. The highest BCUT2D eigenvalue weighted by atomic mass is 79.9. The second kappa shape index (κ2) is 5.28. The van der Waals surface area contributed by atoms with E-state index >= 15 is 0 Å². The molecule has 0 fully saturated rings. The number of carboxylic acids is 2. The van der Waals surface area contributed by atoms with Gasteiger partial charge in [0.2, 0.25) is 0 Å². The summed E-state index contributed by atoms with van der Waals surface area (Å²) in [5.74, 6) is -6.00. The molecule has 0 aliphatic rings. The molecule has 0 unspecified atom stereocenters. The number of rotatable bonds is 5. The first-order chi connectivity index (χ1) is 6.34. The Labute approximate surface area is 86.3 Å². The lowest BCUT2D eigenvalue weighted by Crippen LogP contribution is -2.32. The summed E-state index contributed by atoms with van der Waals surface area (Å²) >= 11 is 2.47. The largest absolute Gasteiger partial charge is 0.544 e. The standard InChI is InChI=1S/C7H5BrO6/c8-4(6(11)12)1-3(9)2-5(10)7(13)14/h1H,2H2,(H,11,12)(H,13,14)/p-2/b4-1+. The van der Waals surface area contributed by atoms with Crippen LogP contribution in [0, 0.1) is 0 Å². The van der Waals surface area contributed by atoms with Crippen molar-refractivity contribution in [1.82, 2.24) is 0 Å². The Morgan fingerprint density at radius 1 is 1.07 bits per heavy atom. The molecule has 0 radical (unpaired) electrons. The molecule has 14 heavy (non-hydrogen) atoms. The summed E-state index contributed by atoms with van der Waals surface area (Å²) in [6, 6.07) is 0. The Kier molecular flexibility index (Phi) is 4.71. The summed E-state index contributed by atoms with van der Waals surface area (Å²) in [5, 5.41) is 19.9. The van der Waals surface area contributed by atoms with E-state index < -0.39 is 34.4 Å². The minimum Gasteiger partial charge on any atom is -0.544 e. The third-order valence-corrected chi connectivity index (χ3v) is 1.60. The van der Waals surface area contributed by atoms with Crippen LogP contribution in [0.15, 0.2) is 10.6 Å². The fraction of sp³-hybridized carbons (Fsp3) is 0.143. The van der Waals surface area contributed by atoms with Gasteiger partial charge in [-0.3, -0.25) is 9.59 Å². The highest BCUT2D eigenvalue weighted by Gasteiger charge is 2.08. The molecule has 0 aromatic heterocycles. The summed E-state index contributed by atoms with van der Waals surface area (Å²) < 4.78 is -0.561. The van der Waals surface area contributed by atoms with Gasteiger partial charge in [-0.15, -0.1) is 0 Å². The average Bonchev–Trinajstić information content (AvgIpc) is 2.03. The SMILES string of the molecule is O=C(/C=C(/Br)C(=O)[O-])CC(=O)C(=O)[O-]. The first-order valence-electron chi connectivity index (χ1n) is 3.20. The van der Waals surface area contributed by atoms with Crippen molar-refractivity contribution in [2.75, 3.05) is 0 Å². The van der Waals surface area contributed by atoms with Crippen molar-refractivity contribution >= 4 is 39.4 Å². The lowest BCUT2D eigenvalue weighted by Gasteiger charge is -2.00. The zero-order chi connectivity index (χ0) is 11.3. The molecular formula is C7H3BrO6-2. The van der Waals surface area contributed by atoms with Gasteiger partial charge in [0.1, 0.15) is 5.97 Å². The van der Waals surface area contributed by atoms with Crippen molar-refractivity contribution in [2.45, 2.75) is 6.42 Å². The van der Waals surface area contributed by atoms with E-state index in [9.17, 15) is 29.4 Å². The Hall–Kier alpha value is -1.50. The van der Waals surface area contributed by atoms with Crippen molar-refractivity contribution < 1.29 is 29.4 Å². The molecule has 0 amide bonds. The summed E-state index contributed by atoms with van der Waals surface area (Å²) in [6.45, 7) is 0. The Morgan fingerprint density at radius 2 is 1.57 bits per heavy atom. The van der Waals surface area contributed by atoms with Crippen LogP contribution in [-0.4, -0.2) is 23.5 Å². The van der Waals surface area contributed by atoms with Crippen molar-refractivity contribution in [1.29, 1.82) is 0 Å². The first-order valence-corrected chi connectivity index (χ1v) is 3.99. The van der Waals surface area contributed by atoms with Crippen LogP contribution in [-0.2, 0) is 19.2 Å². The lowest BCUT2D eigenvalue weighted by atomic mass is 10.2. The number of hydrogen-bond donors (Lipinski definition) is 0. The summed E-state index contributed by atoms with van der Waals surface area (Å²) in [5.41, 5.74) is 0. The summed E-state index contributed by atoms with van der Waals surface area (Å²) in [7, 11) is 0. The maximum Gasteiger partial charge on any atom is 0.185 e. The monoisotopic (exact) mass is 262 g/mol. The number of hydrogen-bond acceptors (Lipinski definition) is 6.